The highest BCUT2D eigenvalue weighted by Crippen LogP contribution is 2.35. The molecule has 0 N–H and O–H groups in total. The van der Waals surface area contributed by atoms with E-state index >= 15 is 0 Å². The third-order valence-electron chi connectivity index (χ3n) is 4.86. The van der Waals surface area contributed by atoms with E-state index in [0.29, 0.717) is 12.0 Å². The van der Waals surface area contributed by atoms with Gasteiger partial charge in [-0.25, -0.2) is 0 Å². The van der Waals surface area contributed by atoms with Gasteiger partial charge in [0.25, 0.3) is 0 Å². The molecule has 0 aliphatic carbocycles. The molecule has 3 heterocycles. The van der Waals surface area contributed by atoms with E-state index in [1.165, 1.54) is 0 Å². The Labute approximate surface area is 121 Å². The van der Waals surface area contributed by atoms with Crippen molar-refractivity contribution in [2.45, 2.75) is 32.4 Å². The molecule has 0 aromatic heterocycles. The summed E-state index contributed by atoms with van der Waals surface area (Å²) in [5.41, 5.74) is 0.188. The van der Waals surface area contributed by atoms with E-state index in [1.54, 1.807) is 6.92 Å². The smallest absolute Gasteiger partial charge is 0.219 e. The molecular weight excluding hydrogens is 254 g/mol. The number of morpholine rings is 1. The highest BCUT2D eigenvalue weighted by atomic mass is 16.5. The van der Waals surface area contributed by atoms with Gasteiger partial charge in [-0.1, -0.05) is 13.8 Å². The lowest BCUT2D eigenvalue weighted by atomic mass is 9.82. The fraction of sp³-hybridized carbons (Fsp3) is 0.933. The quantitative estimate of drug-likeness (QED) is 0.727. The number of carbonyl (C=O) groups excluding carboxylic acids is 1. The number of rotatable bonds is 2. The number of hydrogen-bond acceptors (Lipinski definition) is 4. The van der Waals surface area contributed by atoms with Gasteiger partial charge in [0, 0.05) is 46.2 Å². The van der Waals surface area contributed by atoms with Gasteiger partial charge >= 0.3 is 0 Å². The zero-order chi connectivity index (χ0) is 14.3. The summed E-state index contributed by atoms with van der Waals surface area (Å²) in [7, 11) is 0. The van der Waals surface area contributed by atoms with E-state index in [9.17, 15) is 4.79 Å². The van der Waals surface area contributed by atoms with Crippen molar-refractivity contribution >= 4 is 5.91 Å². The molecule has 5 heteroatoms. The molecule has 0 aromatic rings. The third kappa shape index (κ3) is 2.47. The summed E-state index contributed by atoms with van der Waals surface area (Å²) in [4.78, 5) is 19.0. The Balaban J connectivity index is 1.72. The van der Waals surface area contributed by atoms with Crippen LogP contribution in [0.25, 0.3) is 0 Å². The van der Waals surface area contributed by atoms with Gasteiger partial charge in [0.1, 0.15) is 0 Å². The molecule has 5 nitrogen and oxygen atoms in total. The van der Waals surface area contributed by atoms with E-state index in [2.05, 4.69) is 23.6 Å². The monoisotopic (exact) mass is 281 g/mol. The second kappa shape index (κ2) is 5.28. The van der Waals surface area contributed by atoms with Crippen LogP contribution in [0.1, 0.15) is 20.8 Å². The van der Waals surface area contributed by atoms with Gasteiger partial charge in [-0.05, 0) is 5.92 Å². The van der Waals surface area contributed by atoms with E-state index in [-0.39, 0.29) is 11.4 Å². The SMILES string of the molecule is CC(=O)N1C[C@@H]2COCCN2C2(CN(CC(C)C)C2)C1. The molecule has 3 aliphatic rings. The van der Waals surface area contributed by atoms with Gasteiger partial charge in [0.2, 0.25) is 5.91 Å². The maximum Gasteiger partial charge on any atom is 0.219 e. The summed E-state index contributed by atoms with van der Waals surface area (Å²) in [5.74, 6) is 0.914. The topological polar surface area (TPSA) is 36.0 Å². The van der Waals surface area contributed by atoms with Crippen LogP contribution in [-0.4, -0.2) is 84.7 Å². The van der Waals surface area contributed by atoms with Crippen LogP contribution in [0, 0.1) is 5.92 Å². The predicted molar refractivity (Wildman–Crippen MR) is 77.6 cm³/mol. The van der Waals surface area contributed by atoms with Gasteiger partial charge in [-0.3, -0.25) is 14.6 Å². The fourth-order valence-corrected chi connectivity index (χ4v) is 4.15. The molecule has 114 valence electrons. The maximum absolute atomic E-state index is 11.8. The summed E-state index contributed by atoms with van der Waals surface area (Å²) in [5, 5.41) is 0. The number of piperazine rings is 1. The molecule has 1 atom stereocenters. The van der Waals surface area contributed by atoms with Gasteiger partial charge in [0.15, 0.2) is 0 Å². The molecule has 3 aliphatic heterocycles. The first kappa shape index (κ1) is 14.3. The number of hydrogen-bond donors (Lipinski definition) is 0. The molecule has 0 radical (unpaired) electrons. The van der Waals surface area contributed by atoms with Gasteiger partial charge < -0.3 is 9.64 Å². The lowest BCUT2D eigenvalue weighted by Crippen LogP contribution is -2.81. The van der Waals surface area contributed by atoms with Crippen molar-refractivity contribution in [3.8, 4) is 0 Å². The molecule has 3 fully saturated rings. The number of amides is 1. The van der Waals surface area contributed by atoms with E-state index in [0.717, 1.165) is 52.5 Å². The lowest BCUT2D eigenvalue weighted by molar-refractivity contribution is -0.174. The maximum atomic E-state index is 11.8. The van der Waals surface area contributed by atoms with Gasteiger partial charge in [-0.2, -0.15) is 0 Å². The summed E-state index contributed by atoms with van der Waals surface area (Å²) in [6.45, 7) is 14.0. The molecule has 3 rings (SSSR count). The average Bonchev–Trinajstić information content (AvgIpc) is 2.36. The van der Waals surface area contributed by atoms with Crippen molar-refractivity contribution in [1.82, 2.24) is 14.7 Å². The molecule has 20 heavy (non-hydrogen) atoms. The van der Waals surface area contributed by atoms with Crippen LogP contribution in [0.3, 0.4) is 0 Å². The highest BCUT2D eigenvalue weighted by molar-refractivity contribution is 5.73. The second-order valence-electron chi connectivity index (χ2n) is 7.11. The average molecular weight is 281 g/mol. The first-order chi connectivity index (χ1) is 9.50. The number of carbonyl (C=O) groups is 1. The summed E-state index contributed by atoms with van der Waals surface area (Å²) >= 11 is 0. The number of nitrogens with zero attached hydrogens (tertiary/aromatic N) is 3. The van der Waals surface area contributed by atoms with Crippen molar-refractivity contribution in [3.05, 3.63) is 0 Å². The molecule has 0 aromatic carbocycles. The zero-order valence-corrected chi connectivity index (χ0v) is 13.0. The van der Waals surface area contributed by atoms with Crippen LogP contribution >= 0.6 is 0 Å². The summed E-state index contributed by atoms with van der Waals surface area (Å²) in [6.07, 6.45) is 0. The highest BCUT2D eigenvalue weighted by Gasteiger charge is 2.54. The minimum Gasteiger partial charge on any atom is -0.378 e. The van der Waals surface area contributed by atoms with Crippen molar-refractivity contribution in [3.63, 3.8) is 0 Å². The second-order valence-corrected chi connectivity index (χ2v) is 7.11. The van der Waals surface area contributed by atoms with Gasteiger partial charge in [0.05, 0.1) is 24.8 Å². The minimum absolute atomic E-state index is 0.188. The Morgan fingerprint density at radius 1 is 1.35 bits per heavy atom. The zero-order valence-electron chi connectivity index (χ0n) is 13.0. The Morgan fingerprint density at radius 3 is 2.75 bits per heavy atom. The number of ether oxygens (including phenoxy) is 1. The fourth-order valence-electron chi connectivity index (χ4n) is 4.15. The third-order valence-corrected chi connectivity index (χ3v) is 4.86. The van der Waals surface area contributed by atoms with Crippen molar-refractivity contribution < 1.29 is 9.53 Å². The molecular formula is C15H27N3O2. The van der Waals surface area contributed by atoms with Crippen LogP contribution in [0.15, 0.2) is 0 Å². The van der Waals surface area contributed by atoms with Gasteiger partial charge in [-0.15, -0.1) is 0 Å². The normalized spacial score (nSPS) is 30.4. The first-order valence-electron chi connectivity index (χ1n) is 7.82. The molecule has 1 amide bonds. The standard InChI is InChI=1S/C15H27N3O2/c1-12(2)6-16-9-15(10-16)11-17(13(3)19)7-14-8-20-5-4-18(14)15/h12,14H,4-11H2,1-3H3/t14-/m1/s1. The molecule has 0 unspecified atom stereocenters. The number of fused-ring (bicyclic) bond motifs is 2. The number of likely N-dealkylation sites (tertiary alicyclic amines) is 1. The van der Waals surface area contributed by atoms with E-state index in [1.807, 2.05) is 4.90 Å². The van der Waals surface area contributed by atoms with E-state index in [4.69, 9.17) is 4.74 Å². The minimum atomic E-state index is 0.188. The summed E-state index contributed by atoms with van der Waals surface area (Å²) < 4.78 is 5.63. The molecule has 3 saturated heterocycles. The molecule has 1 spiro atoms. The van der Waals surface area contributed by atoms with Crippen LogP contribution in [0.5, 0.6) is 0 Å². The van der Waals surface area contributed by atoms with E-state index < -0.39 is 0 Å². The Kier molecular flexibility index (Phi) is 3.77. The Morgan fingerprint density at radius 2 is 2.10 bits per heavy atom. The molecule has 0 saturated carbocycles. The van der Waals surface area contributed by atoms with Crippen LogP contribution in [0.2, 0.25) is 0 Å². The Bertz CT molecular complexity index is 379. The Hall–Kier alpha value is -0.650. The van der Waals surface area contributed by atoms with Crippen molar-refractivity contribution in [2.24, 2.45) is 5.92 Å². The van der Waals surface area contributed by atoms with Crippen LogP contribution < -0.4 is 0 Å². The largest absolute Gasteiger partial charge is 0.378 e. The summed E-state index contributed by atoms with van der Waals surface area (Å²) in [6, 6.07) is 0.391. The van der Waals surface area contributed by atoms with Crippen molar-refractivity contribution in [2.75, 3.05) is 52.5 Å². The predicted octanol–water partition coefficient (Wildman–Crippen LogP) is 0.260. The van der Waals surface area contributed by atoms with Crippen LogP contribution in [-0.2, 0) is 9.53 Å². The lowest BCUT2D eigenvalue weighted by Gasteiger charge is -2.63. The van der Waals surface area contributed by atoms with Crippen LogP contribution in [0.4, 0.5) is 0 Å². The van der Waals surface area contributed by atoms with Crippen molar-refractivity contribution in [1.29, 1.82) is 0 Å². The molecule has 0 bridgehead atoms. The first-order valence-corrected chi connectivity index (χ1v) is 7.82.